The summed E-state index contributed by atoms with van der Waals surface area (Å²) in [7, 11) is 0. The van der Waals surface area contributed by atoms with Crippen LogP contribution in [0.15, 0.2) is 30.3 Å². The van der Waals surface area contributed by atoms with E-state index in [0.717, 1.165) is 0 Å². The van der Waals surface area contributed by atoms with Gasteiger partial charge in [0.1, 0.15) is 5.75 Å². The van der Waals surface area contributed by atoms with Gasteiger partial charge in [0.05, 0.1) is 12.2 Å². The van der Waals surface area contributed by atoms with Crippen molar-refractivity contribution in [3.05, 3.63) is 30.3 Å². The normalized spacial score (nSPS) is 12.1. The topological polar surface area (TPSA) is 63.6 Å². The summed E-state index contributed by atoms with van der Waals surface area (Å²) in [6, 6.07) is 8.58. The van der Waals surface area contributed by atoms with Crippen LogP contribution in [0.3, 0.4) is 0 Å². The first-order valence-corrected chi connectivity index (χ1v) is 5.29. The Labute approximate surface area is 84.2 Å². The van der Waals surface area contributed by atoms with Gasteiger partial charge >= 0.3 is 5.97 Å². The lowest BCUT2D eigenvalue weighted by Crippen LogP contribution is -2.11. The molecule has 1 N–H and O–H groups in total. The predicted octanol–water partition coefficient (Wildman–Crippen LogP) is 1.20. The molecular weight excluding hydrogens is 204 g/mol. The Hall–Kier alpha value is -1.20. The third-order valence-corrected chi connectivity index (χ3v) is 2.01. The first-order chi connectivity index (χ1) is 6.68. The standard InChI is InChI=1S/C9H10O4S/c10-9(6-7-14(11)12)13-8-4-2-1-3-5-8/h1-5H,6-7H2,(H,11,12). The molecule has 4 nitrogen and oxygen atoms in total. The highest BCUT2D eigenvalue weighted by Crippen LogP contribution is 2.08. The van der Waals surface area contributed by atoms with Crippen LogP contribution < -0.4 is 4.74 Å². The maximum atomic E-state index is 11.0. The number of benzene rings is 1. The lowest BCUT2D eigenvalue weighted by Gasteiger charge is -2.01. The Morgan fingerprint density at radius 2 is 2.00 bits per heavy atom. The van der Waals surface area contributed by atoms with E-state index in [1.807, 2.05) is 0 Å². The van der Waals surface area contributed by atoms with Gasteiger partial charge in [-0.05, 0) is 12.1 Å². The van der Waals surface area contributed by atoms with E-state index in [1.54, 1.807) is 30.3 Å². The van der Waals surface area contributed by atoms with Crippen LogP contribution in [0.4, 0.5) is 0 Å². The van der Waals surface area contributed by atoms with E-state index in [1.165, 1.54) is 0 Å². The fourth-order valence-electron chi connectivity index (χ4n) is 0.842. The smallest absolute Gasteiger partial charge is 0.312 e. The third kappa shape index (κ3) is 4.15. The van der Waals surface area contributed by atoms with Gasteiger partial charge in [0.25, 0.3) is 0 Å². The summed E-state index contributed by atoms with van der Waals surface area (Å²) in [5, 5.41) is 0. The summed E-state index contributed by atoms with van der Waals surface area (Å²) in [5.74, 6) is -0.147. The second-order valence-electron chi connectivity index (χ2n) is 2.56. The van der Waals surface area contributed by atoms with Crippen LogP contribution in [0.1, 0.15) is 6.42 Å². The van der Waals surface area contributed by atoms with Gasteiger partial charge in [-0.15, -0.1) is 0 Å². The largest absolute Gasteiger partial charge is 0.427 e. The first-order valence-electron chi connectivity index (χ1n) is 4.01. The molecule has 0 heterocycles. The molecular formula is C9H10O4S. The van der Waals surface area contributed by atoms with E-state index >= 15 is 0 Å². The van der Waals surface area contributed by atoms with Crippen molar-refractivity contribution >= 4 is 17.0 Å². The Morgan fingerprint density at radius 1 is 1.36 bits per heavy atom. The van der Waals surface area contributed by atoms with E-state index in [0.29, 0.717) is 5.75 Å². The van der Waals surface area contributed by atoms with Crippen molar-refractivity contribution in [2.24, 2.45) is 0 Å². The zero-order valence-corrected chi connectivity index (χ0v) is 8.20. The quantitative estimate of drug-likeness (QED) is 0.464. The molecule has 0 spiro atoms. The number of rotatable bonds is 4. The zero-order valence-electron chi connectivity index (χ0n) is 7.38. The second kappa shape index (κ2) is 5.51. The van der Waals surface area contributed by atoms with Crippen LogP contribution in [-0.2, 0) is 15.9 Å². The summed E-state index contributed by atoms with van der Waals surface area (Å²) in [4.78, 5) is 11.0. The summed E-state index contributed by atoms with van der Waals surface area (Å²) in [5.41, 5.74) is 0. The Kier molecular flexibility index (Phi) is 4.28. The average molecular weight is 214 g/mol. The molecule has 14 heavy (non-hydrogen) atoms. The molecule has 0 saturated heterocycles. The molecule has 0 aliphatic rings. The van der Waals surface area contributed by atoms with Crippen molar-refractivity contribution in [3.63, 3.8) is 0 Å². The van der Waals surface area contributed by atoms with E-state index in [-0.39, 0.29) is 12.2 Å². The van der Waals surface area contributed by atoms with Gasteiger partial charge < -0.3 is 9.29 Å². The monoisotopic (exact) mass is 214 g/mol. The number of hydrogen-bond donors (Lipinski definition) is 1. The van der Waals surface area contributed by atoms with Crippen LogP contribution >= 0.6 is 0 Å². The van der Waals surface area contributed by atoms with Gasteiger partial charge in [-0.25, -0.2) is 4.21 Å². The predicted molar refractivity (Wildman–Crippen MR) is 52.3 cm³/mol. The molecule has 1 aromatic rings. The molecule has 0 fully saturated rings. The van der Waals surface area contributed by atoms with Crippen molar-refractivity contribution in [3.8, 4) is 5.75 Å². The molecule has 0 aliphatic carbocycles. The van der Waals surface area contributed by atoms with E-state index in [9.17, 15) is 9.00 Å². The molecule has 1 unspecified atom stereocenters. The van der Waals surface area contributed by atoms with Crippen LogP contribution in [0.25, 0.3) is 0 Å². The number of esters is 1. The van der Waals surface area contributed by atoms with Gasteiger partial charge in [0.15, 0.2) is 11.1 Å². The Balaban J connectivity index is 2.38. The summed E-state index contributed by atoms with van der Waals surface area (Å²) < 4.78 is 23.6. The number of carbonyl (C=O) groups is 1. The number of ether oxygens (including phenoxy) is 1. The van der Waals surface area contributed by atoms with Gasteiger partial charge in [-0.1, -0.05) is 18.2 Å². The maximum Gasteiger partial charge on any atom is 0.312 e. The molecule has 5 heteroatoms. The lowest BCUT2D eigenvalue weighted by molar-refractivity contribution is -0.133. The molecule has 76 valence electrons. The van der Waals surface area contributed by atoms with Crippen LogP contribution in [0.2, 0.25) is 0 Å². The van der Waals surface area contributed by atoms with Crippen LogP contribution in [0, 0.1) is 0 Å². The zero-order chi connectivity index (χ0) is 10.4. The highest BCUT2D eigenvalue weighted by atomic mass is 32.2. The molecule has 0 radical (unpaired) electrons. The SMILES string of the molecule is O=C(CCS(=O)O)Oc1ccccc1. The fraction of sp³-hybridized carbons (Fsp3) is 0.222. The van der Waals surface area contributed by atoms with Crippen molar-refractivity contribution < 1.29 is 18.3 Å². The highest BCUT2D eigenvalue weighted by Gasteiger charge is 2.05. The minimum Gasteiger partial charge on any atom is -0.427 e. The van der Waals surface area contributed by atoms with E-state index in [4.69, 9.17) is 9.29 Å². The Bertz CT molecular complexity index is 323. The van der Waals surface area contributed by atoms with E-state index < -0.39 is 17.0 Å². The maximum absolute atomic E-state index is 11.0. The van der Waals surface area contributed by atoms with E-state index in [2.05, 4.69) is 0 Å². The number of para-hydroxylation sites is 1. The van der Waals surface area contributed by atoms with Gasteiger partial charge in [0, 0.05) is 0 Å². The molecule has 0 amide bonds. The van der Waals surface area contributed by atoms with Gasteiger partial charge in [-0.2, -0.15) is 0 Å². The molecule has 0 bridgehead atoms. The van der Waals surface area contributed by atoms with Gasteiger partial charge in [-0.3, -0.25) is 4.79 Å². The van der Waals surface area contributed by atoms with Crippen LogP contribution in [0.5, 0.6) is 5.75 Å². The molecule has 0 saturated carbocycles. The van der Waals surface area contributed by atoms with Crippen LogP contribution in [-0.4, -0.2) is 20.5 Å². The summed E-state index contributed by atoms with van der Waals surface area (Å²) in [6.07, 6.45) is -0.0575. The van der Waals surface area contributed by atoms with Crippen molar-refractivity contribution in [1.29, 1.82) is 0 Å². The molecule has 0 aromatic heterocycles. The number of carbonyl (C=O) groups excluding carboxylic acids is 1. The molecule has 1 rings (SSSR count). The summed E-state index contributed by atoms with van der Waals surface area (Å²) >= 11 is -1.94. The molecule has 1 atom stereocenters. The third-order valence-electron chi connectivity index (χ3n) is 1.46. The lowest BCUT2D eigenvalue weighted by atomic mass is 10.3. The van der Waals surface area contributed by atoms with Crippen molar-refractivity contribution in [2.45, 2.75) is 6.42 Å². The minimum absolute atomic E-state index is 0.0575. The van der Waals surface area contributed by atoms with Gasteiger partial charge in [0.2, 0.25) is 0 Å². The Morgan fingerprint density at radius 3 is 2.57 bits per heavy atom. The molecule has 1 aromatic carbocycles. The molecule has 0 aliphatic heterocycles. The number of hydrogen-bond acceptors (Lipinski definition) is 3. The fourth-order valence-corrected chi connectivity index (χ4v) is 1.18. The minimum atomic E-state index is -1.94. The van der Waals surface area contributed by atoms with Crippen molar-refractivity contribution in [1.82, 2.24) is 0 Å². The van der Waals surface area contributed by atoms with Crippen molar-refractivity contribution in [2.75, 3.05) is 5.75 Å². The summed E-state index contributed by atoms with van der Waals surface area (Å²) in [6.45, 7) is 0. The average Bonchev–Trinajstić information content (AvgIpc) is 2.16. The highest BCUT2D eigenvalue weighted by molar-refractivity contribution is 7.79. The first kappa shape index (κ1) is 10.9. The second-order valence-corrected chi connectivity index (χ2v) is 3.61.